The van der Waals surface area contributed by atoms with Gasteiger partial charge in [-0.05, 0) is 45.0 Å². The Morgan fingerprint density at radius 1 is 1.29 bits per heavy atom. The third-order valence-electron chi connectivity index (χ3n) is 4.34. The molecule has 0 spiro atoms. The van der Waals surface area contributed by atoms with E-state index in [-0.39, 0.29) is 17.8 Å². The van der Waals surface area contributed by atoms with Crippen molar-refractivity contribution in [2.24, 2.45) is 0 Å². The normalized spacial score (nSPS) is 15.5. The van der Waals surface area contributed by atoms with Gasteiger partial charge in [-0.15, -0.1) is 0 Å². The molecule has 1 saturated heterocycles. The molecule has 1 aliphatic rings. The second kappa shape index (κ2) is 7.05. The number of benzene rings is 1. The van der Waals surface area contributed by atoms with E-state index in [4.69, 9.17) is 14.9 Å². The molecule has 24 heavy (non-hydrogen) atoms. The van der Waals surface area contributed by atoms with Crippen molar-refractivity contribution in [2.75, 3.05) is 25.4 Å². The van der Waals surface area contributed by atoms with E-state index in [1.165, 1.54) is 6.42 Å². The summed E-state index contributed by atoms with van der Waals surface area (Å²) in [6.45, 7) is 4.13. The topological polar surface area (TPSA) is 85.8 Å². The fourth-order valence-electron chi connectivity index (χ4n) is 3.15. The maximum absolute atomic E-state index is 13.0. The van der Waals surface area contributed by atoms with Crippen LogP contribution in [-0.2, 0) is 11.3 Å². The molecule has 6 heteroatoms. The Morgan fingerprint density at radius 2 is 2.04 bits per heavy atom. The molecule has 1 aromatic carbocycles. The molecule has 2 N–H and O–H groups in total. The van der Waals surface area contributed by atoms with Crippen LogP contribution < -0.4 is 11.2 Å². The first kappa shape index (κ1) is 16.5. The van der Waals surface area contributed by atoms with Crippen molar-refractivity contribution in [2.45, 2.75) is 32.7 Å². The Balaban J connectivity index is 2.13. The zero-order chi connectivity index (χ0) is 17.1. The summed E-state index contributed by atoms with van der Waals surface area (Å²) in [5.41, 5.74) is 6.71. The molecule has 0 bridgehead atoms. The van der Waals surface area contributed by atoms with Crippen LogP contribution in [0.25, 0.3) is 11.0 Å². The highest BCUT2D eigenvalue weighted by Gasteiger charge is 2.24. The van der Waals surface area contributed by atoms with Gasteiger partial charge in [0.1, 0.15) is 5.58 Å². The number of esters is 1. The van der Waals surface area contributed by atoms with E-state index in [2.05, 4.69) is 4.90 Å². The molecule has 0 amide bonds. The van der Waals surface area contributed by atoms with Crippen LogP contribution in [0.1, 0.15) is 42.3 Å². The summed E-state index contributed by atoms with van der Waals surface area (Å²) in [6, 6.07) is 4.99. The Kier molecular flexibility index (Phi) is 4.85. The molecule has 0 atom stereocenters. The Bertz CT molecular complexity index is 807. The van der Waals surface area contributed by atoms with E-state index >= 15 is 0 Å². The van der Waals surface area contributed by atoms with Gasteiger partial charge in [0.2, 0.25) is 5.76 Å². The summed E-state index contributed by atoms with van der Waals surface area (Å²) in [5.74, 6) is -0.614. The zero-order valence-corrected chi connectivity index (χ0v) is 13.8. The van der Waals surface area contributed by atoms with Crippen LogP contribution in [0.3, 0.4) is 0 Å². The monoisotopic (exact) mass is 330 g/mol. The first-order valence-electron chi connectivity index (χ1n) is 8.35. The van der Waals surface area contributed by atoms with E-state index < -0.39 is 5.97 Å². The van der Waals surface area contributed by atoms with Crippen LogP contribution in [0.5, 0.6) is 0 Å². The molecular formula is C18H22N2O4. The van der Waals surface area contributed by atoms with Crippen LogP contribution >= 0.6 is 0 Å². The quantitative estimate of drug-likeness (QED) is 0.685. The van der Waals surface area contributed by atoms with Crippen molar-refractivity contribution in [1.82, 2.24) is 4.90 Å². The number of hydrogen-bond acceptors (Lipinski definition) is 6. The number of rotatable bonds is 4. The van der Waals surface area contributed by atoms with E-state index in [9.17, 15) is 9.59 Å². The molecule has 128 valence electrons. The number of nitrogens with two attached hydrogens (primary N) is 1. The number of ether oxygens (including phenoxy) is 1. The number of hydrogen-bond donors (Lipinski definition) is 1. The van der Waals surface area contributed by atoms with E-state index in [0.717, 1.165) is 25.9 Å². The van der Waals surface area contributed by atoms with Crippen molar-refractivity contribution in [3.05, 3.63) is 39.7 Å². The molecule has 0 unspecified atom stereocenters. The third-order valence-corrected chi connectivity index (χ3v) is 4.34. The summed E-state index contributed by atoms with van der Waals surface area (Å²) >= 11 is 0. The number of carbonyl (C=O) groups is 1. The second-order valence-corrected chi connectivity index (χ2v) is 6.02. The van der Waals surface area contributed by atoms with Crippen LogP contribution in [0.15, 0.2) is 27.4 Å². The molecule has 2 heterocycles. The van der Waals surface area contributed by atoms with Crippen molar-refractivity contribution in [1.29, 1.82) is 0 Å². The molecule has 0 saturated carbocycles. The predicted molar refractivity (Wildman–Crippen MR) is 92.0 cm³/mol. The molecular weight excluding hydrogens is 308 g/mol. The standard InChI is InChI=1S/C18H22N2O4/c1-2-23-18(22)17-12(11-20-9-4-3-5-10-20)16(21)15-13(19)7-6-8-14(15)24-17/h6-8H,2-5,9-11,19H2,1H3. The number of piperidine rings is 1. The maximum Gasteiger partial charge on any atom is 0.374 e. The van der Waals surface area contributed by atoms with Gasteiger partial charge in [0.05, 0.1) is 17.6 Å². The van der Waals surface area contributed by atoms with E-state index in [1.807, 2.05) is 0 Å². The fraction of sp³-hybridized carbons (Fsp3) is 0.444. The highest BCUT2D eigenvalue weighted by molar-refractivity contribution is 5.94. The lowest BCUT2D eigenvalue weighted by molar-refractivity contribution is 0.0486. The first-order chi connectivity index (χ1) is 11.6. The molecule has 2 aromatic rings. The minimum atomic E-state index is -0.606. The van der Waals surface area contributed by atoms with Crippen LogP contribution in [0.4, 0.5) is 5.69 Å². The number of carbonyl (C=O) groups excluding carboxylic acids is 1. The summed E-state index contributed by atoms with van der Waals surface area (Å²) in [5, 5.41) is 0.331. The minimum absolute atomic E-state index is 0.00877. The van der Waals surface area contributed by atoms with Gasteiger partial charge in [-0.3, -0.25) is 9.69 Å². The van der Waals surface area contributed by atoms with Crippen LogP contribution in [0.2, 0.25) is 0 Å². The average Bonchev–Trinajstić information content (AvgIpc) is 2.58. The van der Waals surface area contributed by atoms with Gasteiger partial charge >= 0.3 is 5.97 Å². The third kappa shape index (κ3) is 3.14. The van der Waals surface area contributed by atoms with Crippen molar-refractivity contribution >= 4 is 22.6 Å². The SMILES string of the molecule is CCOC(=O)c1oc2cccc(N)c2c(=O)c1CN1CCCCC1. The summed E-state index contributed by atoms with van der Waals surface area (Å²) < 4.78 is 10.8. The van der Waals surface area contributed by atoms with Gasteiger partial charge in [0.25, 0.3) is 0 Å². The first-order valence-corrected chi connectivity index (χ1v) is 8.35. The van der Waals surface area contributed by atoms with Gasteiger partial charge in [0, 0.05) is 12.2 Å². The number of anilines is 1. The highest BCUT2D eigenvalue weighted by atomic mass is 16.5. The Labute approximate surface area is 140 Å². The largest absolute Gasteiger partial charge is 0.460 e. The van der Waals surface area contributed by atoms with Gasteiger partial charge in [-0.25, -0.2) is 4.79 Å². The lowest BCUT2D eigenvalue weighted by atomic mass is 10.1. The lowest BCUT2D eigenvalue weighted by Gasteiger charge is -2.26. The smallest absolute Gasteiger partial charge is 0.374 e. The number of nitrogen functional groups attached to an aromatic ring is 1. The van der Waals surface area contributed by atoms with Gasteiger partial charge in [0.15, 0.2) is 5.43 Å². The lowest BCUT2D eigenvalue weighted by Crippen LogP contribution is -2.32. The summed E-state index contributed by atoms with van der Waals surface area (Å²) in [4.78, 5) is 27.4. The average molecular weight is 330 g/mol. The maximum atomic E-state index is 13.0. The van der Waals surface area contributed by atoms with Crippen LogP contribution in [0, 0.1) is 0 Å². The highest BCUT2D eigenvalue weighted by Crippen LogP contribution is 2.23. The second-order valence-electron chi connectivity index (χ2n) is 6.02. The van der Waals surface area contributed by atoms with Gasteiger partial charge in [-0.1, -0.05) is 12.5 Å². The van der Waals surface area contributed by atoms with E-state index in [1.54, 1.807) is 25.1 Å². The van der Waals surface area contributed by atoms with E-state index in [0.29, 0.717) is 28.8 Å². The molecule has 0 radical (unpaired) electrons. The van der Waals surface area contributed by atoms with Crippen molar-refractivity contribution < 1.29 is 13.9 Å². The number of nitrogens with zero attached hydrogens (tertiary/aromatic N) is 1. The molecule has 0 aliphatic carbocycles. The fourth-order valence-corrected chi connectivity index (χ4v) is 3.15. The molecule has 6 nitrogen and oxygen atoms in total. The molecule has 1 aliphatic heterocycles. The van der Waals surface area contributed by atoms with Crippen molar-refractivity contribution in [3.63, 3.8) is 0 Å². The molecule has 1 fully saturated rings. The Hall–Kier alpha value is -2.34. The number of likely N-dealkylation sites (tertiary alicyclic amines) is 1. The summed E-state index contributed by atoms with van der Waals surface area (Å²) in [6.07, 6.45) is 3.38. The van der Waals surface area contributed by atoms with Crippen molar-refractivity contribution in [3.8, 4) is 0 Å². The predicted octanol–water partition coefficient (Wildman–Crippen LogP) is 2.54. The minimum Gasteiger partial charge on any atom is -0.460 e. The summed E-state index contributed by atoms with van der Waals surface area (Å²) in [7, 11) is 0. The van der Waals surface area contributed by atoms with Crippen LogP contribution in [-0.4, -0.2) is 30.6 Å². The van der Waals surface area contributed by atoms with Gasteiger partial charge in [-0.2, -0.15) is 0 Å². The van der Waals surface area contributed by atoms with Gasteiger partial charge < -0.3 is 14.9 Å². The zero-order valence-electron chi connectivity index (χ0n) is 13.8. The molecule has 1 aromatic heterocycles. The Morgan fingerprint density at radius 3 is 2.75 bits per heavy atom. The number of fused-ring (bicyclic) bond motifs is 1. The molecule has 3 rings (SSSR count).